The Hall–Kier alpha value is -2.01. The standard InChI is InChI=1S/C20H25N3OS/c1-3-19-22-18-15-21-14-16(2)20(18)23(19)12-8-5-9-13-25(24)17-10-6-4-7-11-17/h4,6-7,10-11,14-15H,3,5,8-9,12-13H2,1-2H3. The van der Waals surface area contributed by atoms with Gasteiger partial charge in [0.15, 0.2) is 0 Å². The first kappa shape index (κ1) is 17.8. The van der Waals surface area contributed by atoms with Crippen molar-refractivity contribution in [1.29, 1.82) is 0 Å². The molecule has 1 unspecified atom stereocenters. The number of fused-ring (bicyclic) bond motifs is 1. The molecule has 2 aromatic heterocycles. The van der Waals surface area contributed by atoms with E-state index in [2.05, 4.69) is 23.4 Å². The van der Waals surface area contributed by atoms with E-state index in [4.69, 9.17) is 4.98 Å². The lowest BCUT2D eigenvalue weighted by molar-refractivity contribution is 0.592. The van der Waals surface area contributed by atoms with Gasteiger partial charge in [0.25, 0.3) is 0 Å². The third-order valence-corrected chi connectivity index (χ3v) is 5.90. The number of aryl methyl sites for hydroxylation is 3. The Morgan fingerprint density at radius 1 is 1.08 bits per heavy atom. The summed E-state index contributed by atoms with van der Waals surface area (Å²) in [5, 5.41) is 0. The summed E-state index contributed by atoms with van der Waals surface area (Å²) in [6.45, 7) is 5.20. The van der Waals surface area contributed by atoms with E-state index >= 15 is 0 Å². The van der Waals surface area contributed by atoms with Gasteiger partial charge in [-0.25, -0.2) is 4.98 Å². The number of hydrogen-bond acceptors (Lipinski definition) is 3. The van der Waals surface area contributed by atoms with E-state index in [-0.39, 0.29) is 0 Å². The maximum absolute atomic E-state index is 12.2. The molecule has 0 radical (unpaired) electrons. The van der Waals surface area contributed by atoms with Gasteiger partial charge in [-0.15, -0.1) is 0 Å². The maximum atomic E-state index is 12.2. The number of aromatic nitrogens is 3. The SMILES string of the molecule is CCc1nc2cncc(C)c2n1CCCCCS(=O)c1ccccc1. The Kier molecular flexibility index (Phi) is 5.97. The van der Waals surface area contributed by atoms with Crippen LogP contribution in [0.4, 0.5) is 0 Å². The van der Waals surface area contributed by atoms with E-state index in [0.717, 1.165) is 54.2 Å². The monoisotopic (exact) mass is 355 g/mol. The fourth-order valence-electron chi connectivity index (χ4n) is 3.19. The van der Waals surface area contributed by atoms with E-state index in [9.17, 15) is 4.21 Å². The minimum Gasteiger partial charge on any atom is -0.328 e. The second kappa shape index (κ2) is 8.39. The van der Waals surface area contributed by atoms with Crippen LogP contribution in [0.2, 0.25) is 0 Å². The molecule has 3 rings (SSSR count). The molecular weight excluding hydrogens is 330 g/mol. The molecule has 0 fully saturated rings. The molecule has 1 aromatic carbocycles. The van der Waals surface area contributed by atoms with E-state index in [1.165, 1.54) is 11.1 Å². The molecule has 2 heterocycles. The summed E-state index contributed by atoms with van der Waals surface area (Å²) in [5.41, 5.74) is 3.37. The lowest BCUT2D eigenvalue weighted by Gasteiger charge is -2.09. The maximum Gasteiger partial charge on any atom is 0.109 e. The number of benzene rings is 1. The van der Waals surface area contributed by atoms with E-state index in [1.807, 2.05) is 42.7 Å². The zero-order valence-electron chi connectivity index (χ0n) is 14.9. The van der Waals surface area contributed by atoms with Crippen LogP contribution in [0.5, 0.6) is 0 Å². The largest absolute Gasteiger partial charge is 0.328 e. The first-order valence-corrected chi connectivity index (χ1v) is 10.3. The Balaban J connectivity index is 1.56. The van der Waals surface area contributed by atoms with Crippen LogP contribution in [0.15, 0.2) is 47.6 Å². The molecular formula is C20H25N3OS. The smallest absolute Gasteiger partial charge is 0.109 e. The van der Waals surface area contributed by atoms with Crippen molar-refractivity contribution < 1.29 is 4.21 Å². The molecule has 25 heavy (non-hydrogen) atoms. The van der Waals surface area contributed by atoms with Crippen LogP contribution in [0, 0.1) is 6.92 Å². The number of rotatable bonds is 8. The van der Waals surface area contributed by atoms with Gasteiger partial charge in [0.1, 0.15) is 11.3 Å². The minimum atomic E-state index is -0.883. The molecule has 132 valence electrons. The summed E-state index contributed by atoms with van der Waals surface area (Å²) in [6, 6.07) is 9.73. The number of hydrogen-bond donors (Lipinski definition) is 0. The van der Waals surface area contributed by atoms with Crippen LogP contribution in [-0.2, 0) is 23.8 Å². The van der Waals surface area contributed by atoms with Gasteiger partial charge in [-0.3, -0.25) is 9.19 Å². The lowest BCUT2D eigenvalue weighted by Crippen LogP contribution is -2.05. The first-order valence-electron chi connectivity index (χ1n) is 8.94. The molecule has 4 nitrogen and oxygen atoms in total. The minimum absolute atomic E-state index is 0.734. The predicted octanol–water partition coefficient (Wildman–Crippen LogP) is 4.28. The average molecular weight is 356 g/mol. The van der Waals surface area contributed by atoms with Crippen molar-refractivity contribution in [3.63, 3.8) is 0 Å². The molecule has 0 aliphatic carbocycles. The van der Waals surface area contributed by atoms with Crippen LogP contribution >= 0.6 is 0 Å². The molecule has 0 bridgehead atoms. The molecule has 0 N–H and O–H groups in total. The van der Waals surface area contributed by atoms with Gasteiger partial charge in [0.05, 0.1) is 22.5 Å². The van der Waals surface area contributed by atoms with E-state index in [1.54, 1.807) is 0 Å². The van der Waals surface area contributed by atoms with Gasteiger partial charge in [0, 0.05) is 29.8 Å². The van der Waals surface area contributed by atoms with Crippen LogP contribution in [0.25, 0.3) is 11.0 Å². The fraction of sp³-hybridized carbons (Fsp3) is 0.400. The molecule has 0 aliphatic rings. The number of unbranched alkanes of at least 4 members (excludes halogenated alkanes) is 2. The van der Waals surface area contributed by atoms with Gasteiger partial charge < -0.3 is 4.57 Å². The average Bonchev–Trinajstić information content (AvgIpc) is 3.01. The molecule has 0 saturated heterocycles. The third-order valence-electron chi connectivity index (χ3n) is 4.45. The van der Waals surface area contributed by atoms with Crippen molar-refractivity contribution in [1.82, 2.24) is 14.5 Å². The highest BCUT2D eigenvalue weighted by molar-refractivity contribution is 7.85. The molecule has 5 heteroatoms. The molecule has 0 spiro atoms. The molecule has 1 atom stereocenters. The van der Waals surface area contributed by atoms with Gasteiger partial charge in [-0.1, -0.05) is 31.5 Å². The zero-order chi connectivity index (χ0) is 17.6. The Morgan fingerprint density at radius 2 is 1.88 bits per heavy atom. The summed E-state index contributed by atoms with van der Waals surface area (Å²) in [5.74, 6) is 1.86. The zero-order valence-corrected chi connectivity index (χ0v) is 15.8. The highest BCUT2D eigenvalue weighted by atomic mass is 32.2. The Morgan fingerprint density at radius 3 is 2.64 bits per heavy atom. The predicted molar refractivity (Wildman–Crippen MR) is 103 cm³/mol. The molecule has 3 aromatic rings. The highest BCUT2D eigenvalue weighted by Gasteiger charge is 2.11. The van der Waals surface area contributed by atoms with Crippen molar-refractivity contribution in [2.75, 3.05) is 5.75 Å². The van der Waals surface area contributed by atoms with E-state index in [0.29, 0.717) is 0 Å². The summed E-state index contributed by atoms with van der Waals surface area (Å²) >= 11 is 0. The summed E-state index contributed by atoms with van der Waals surface area (Å²) in [4.78, 5) is 9.89. The topological polar surface area (TPSA) is 47.8 Å². The van der Waals surface area contributed by atoms with Crippen molar-refractivity contribution in [2.24, 2.45) is 0 Å². The fourth-order valence-corrected chi connectivity index (χ4v) is 4.35. The van der Waals surface area contributed by atoms with Gasteiger partial charge in [-0.2, -0.15) is 0 Å². The second-order valence-corrected chi connectivity index (χ2v) is 7.85. The van der Waals surface area contributed by atoms with Crippen molar-refractivity contribution in [3.05, 3.63) is 54.1 Å². The highest BCUT2D eigenvalue weighted by Crippen LogP contribution is 2.20. The van der Waals surface area contributed by atoms with Gasteiger partial charge in [-0.05, 0) is 37.5 Å². The Bertz CT molecular complexity index is 858. The first-order chi connectivity index (χ1) is 12.2. The number of nitrogens with zero attached hydrogens (tertiary/aromatic N) is 3. The van der Waals surface area contributed by atoms with Crippen molar-refractivity contribution in [2.45, 2.75) is 51.0 Å². The molecule has 0 saturated carbocycles. The van der Waals surface area contributed by atoms with Crippen molar-refractivity contribution >= 4 is 21.8 Å². The summed E-state index contributed by atoms with van der Waals surface area (Å²) in [7, 11) is -0.883. The summed E-state index contributed by atoms with van der Waals surface area (Å²) < 4.78 is 14.6. The van der Waals surface area contributed by atoms with Gasteiger partial charge in [0.2, 0.25) is 0 Å². The van der Waals surface area contributed by atoms with Gasteiger partial charge >= 0.3 is 0 Å². The lowest BCUT2D eigenvalue weighted by atomic mass is 10.2. The van der Waals surface area contributed by atoms with Crippen LogP contribution in [0.3, 0.4) is 0 Å². The quantitative estimate of drug-likeness (QED) is 0.567. The summed E-state index contributed by atoms with van der Waals surface area (Å²) in [6.07, 6.45) is 7.81. The third kappa shape index (κ3) is 4.15. The van der Waals surface area contributed by atoms with Crippen molar-refractivity contribution in [3.8, 4) is 0 Å². The van der Waals surface area contributed by atoms with Crippen LogP contribution in [-0.4, -0.2) is 24.5 Å². The van der Waals surface area contributed by atoms with E-state index < -0.39 is 10.8 Å². The number of imidazole rings is 1. The van der Waals surface area contributed by atoms with Crippen LogP contribution < -0.4 is 0 Å². The molecule has 0 aliphatic heterocycles. The number of pyridine rings is 1. The molecule has 0 amide bonds. The Labute approximate surface area is 151 Å². The second-order valence-electron chi connectivity index (χ2n) is 6.28. The normalized spacial score (nSPS) is 12.6. The van der Waals surface area contributed by atoms with Crippen LogP contribution in [0.1, 0.15) is 37.6 Å².